The Balaban J connectivity index is 1.72. The van der Waals surface area contributed by atoms with Gasteiger partial charge in [0.15, 0.2) is 0 Å². The number of nitrogens with one attached hydrogen (secondary N) is 1. The number of anilines is 1. The molecule has 0 aliphatic carbocycles. The minimum atomic E-state index is -1.13. The highest BCUT2D eigenvalue weighted by atomic mass is 16.5. The Morgan fingerprint density at radius 2 is 2.04 bits per heavy atom. The van der Waals surface area contributed by atoms with Gasteiger partial charge < -0.3 is 19.4 Å². The number of rotatable bonds is 5. The van der Waals surface area contributed by atoms with Crippen molar-refractivity contribution in [3.8, 4) is 0 Å². The summed E-state index contributed by atoms with van der Waals surface area (Å²) in [5, 5.41) is 16.3. The number of carbonyl (C=O) groups is 2. The average molecular weight is 342 g/mol. The first-order valence-electron chi connectivity index (χ1n) is 7.84. The second kappa shape index (κ2) is 6.43. The van der Waals surface area contributed by atoms with Gasteiger partial charge in [-0.05, 0) is 44.0 Å². The van der Waals surface area contributed by atoms with Crippen molar-refractivity contribution in [2.75, 3.05) is 5.32 Å². The lowest BCUT2D eigenvalue weighted by Gasteiger charge is -2.11. The summed E-state index contributed by atoms with van der Waals surface area (Å²) in [6, 6.07) is 6.43. The van der Waals surface area contributed by atoms with Crippen molar-refractivity contribution in [1.29, 1.82) is 0 Å². The average Bonchev–Trinajstić information content (AvgIpc) is 3.10. The van der Waals surface area contributed by atoms with Crippen molar-refractivity contribution in [2.45, 2.75) is 33.1 Å². The maximum absolute atomic E-state index is 12.3. The van der Waals surface area contributed by atoms with Crippen LogP contribution >= 0.6 is 0 Å². The third kappa shape index (κ3) is 3.40. The maximum Gasteiger partial charge on any atom is 0.371 e. The Morgan fingerprint density at radius 3 is 2.68 bits per heavy atom. The summed E-state index contributed by atoms with van der Waals surface area (Å²) < 4.78 is 10.3. The van der Waals surface area contributed by atoms with Gasteiger partial charge in [-0.2, -0.15) is 0 Å². The van der Waals surface area contributed by atoms with E-state index in [2.05, 4.69) is 10.5 Å². The molecule has 1 aromatic carbocycles. The van der Waals surface area contributed by atoms with Crippen LogP contribution in [0.2, 0.25) is 0 Å². The molecule has 0 saturated heterocycles. The number of carboxylic acids is 1. The standard InChI is InChI=1S/C18H18N2O5/c1-9(17-10(2)20-25-11(17)3)6-16(21)19-13-4-5-14-12(7-13)8-15(24-14)18(22)23/h4-5,7-9H,6H2,1-3H3,(H,19,21)(H,22,23). The maximum atomic E-state index is 12.3. The highest BCUT2D eigenvalue weighted by Crippen LogP contribution is 2.27. The van der Waals surface area contributed by atoms with Crippen molar-refractivity contribution in [3.05, 3.63) is 47.0 Å². The number of amides is 1. The minimum Gasteiger partial charge on any atom is -0.475 e. The molecule has 1 amide bonds. The fourth-order valence-corrected chi connectivity index (χ4v) is 3.01. The Morgan fingerprint density at radius 1 is 1.28 bits per heavy atom. The number of nitrogens with zero attached hydrogens (tertiary/aromatic N) is 1. The van der Waals surface area contributed by atoms with Crippen LogP contribution in [0.4, 0.5) is 5.69 Å². The van der Waals surface area contributed by atoms with E-state index in [1.54, 1.807) is 18.2 Å². The van der Waals surface area contributed by atoms with Gasteiger partial charge in [-0.15, -0.1) is 0 Å². The van der Waals surface area contributed by atoms with E-state index in [4.69, 9.17) is 14.0 Å². The minimum absolute atomic E-state index is 0.0254. The summed E-state index contributed by atoms with van der Waals surface area (Å²) in [7, 11) is 0. The molecule has 7 heteroatoms. The summed E-state index contributed by atoms with van der Waals surface area (Å²) in [5.74, 6) is -0.712. The second-order valence-electron chi connectivity index (χ2n) is 6.06. The highest BCUT2D eigenvalue weighted by molar-refractivity contribution is 5.96. The molecule has 0 radical (unpaired) electrons. The van der Waals surface area contributed by atoms with Gasteiger partial charge in [0.2, 0.25) is 11.7 Å². The molecule has 1 unspecified atom stereocenters. The zero-order chi connectivity index (χ0) is 18.1. The van der Waals surface area contributed by atoms with E-state index in [1.807, 2.05) is 20.8 Å². The van der Waals surface area contributed by atoms with Crippen LogP contribution in [0.5, 0.6) is 0 Å². The molecule has 0 aliphatic rings. The first kappa shape index (κ1) is 16.8. The van der Waals surface area contributed by atoms with Gasteiger partial charge in [0, 0.05) is 23.1 Å². The van der Waals surface area contributed by atoms with E-state index < -0.39 is 5.97 Å². The summed E-state index contributed by atoms with van der Waals surface area (Å²) in [5.41, 5.74) is 2.78. The van der Waals surface area contributed by atoms with Crippen molar-refractivity contribution < 1.29 is 23.6 Å². The molecule has 25 heavy (non-hydrogen) atoms. The Bertz CT molecular complexity index is 934. The fraction of sp³-hybridized carbons (Fsp3) is 0.278. The number of aromatic carboxylic acids is 1. The fourth-order valence-electron chi connectivity index (χ4n) is 3.01. The molecule has 3 rings (SSSR count). The molecule has 0 spiro atoms. The molecule has 3 aromatic rings. The van der Waals surface area contributed by atoms with Gasteiger partial charge in [0.25, 0.3) is 0 Å². The highest BCUT2D eigenvalue weighted by Gasteiger charge is 2.19. The van der Waals surface area contributed by atoms with Gasteiger partial charge >= 0.3 is 5.97 Å². The van der Waals surface area contributed by atoms with Gasteiger partial charge in [0.1, 0.15) is 11.3 Å². The normalized spacial score (nSPS) is 12.3. The number of carbonyl (C=O) groups excluding carboxylic acids is 1. The number of fused-ring (bicyclic) bond motifs is 1. The molecule has 2 heterocycles. The van der Waals surface area contributed by atoms with E-state index in [9.17, 15) is 9.59 Å². The molecule has 2 aromatic heterocycles. The predicted molar refractivity (Wildman–Crippen MR) is 90.8 cm³/mol. The quantitative estimate of drug-likeness (QED) is 0.729. The number of aryl methyl sites for hydroxylation is 2. The third-order valence-corrected chi connectivity index (χ3v) is 4.08. The number of carboxylic acid groups (broad SMARTS) is 1. The van der Waals surface area contributed by atoms with Crippen molar-refractivity contribution >= 4 is 28.5 Å². The first-order valence-corrected chi connectivity index (χ1v) is 7.84. The van der Waals surface area contributed by atoms with Crippen LogP contribution in [0.1, 0.15) is 46.8 Å². The Kier molecular flexibility index (Phi) is 4.31. The zero-order valence-corrected chi connectivity index (χ0v) is 14.1. The molecular formula is C18H18N2O5. The topological polar surface area (TPSA) is 106 Å². The number of hydrogen-bond donors (Lipinski definition) is 2. The Labute approximate surface area is 143 Å². The van der Waals surface area contributed by atoms with Crippen LogP contribution < -0.4 is 5.32 Å². The third-order valence-electron chi connectivity index (χ3n) is 4.08. The molecule has 0 saturated carbocycles. The Hall–Kier alpha value is -3.09. The zero-order valence-electron chi connectivity index (χ0n) is 14.1. The first-order chi connectivity index (χ1) is 11.8. The molecule has 0 aliphatic heterocycles. The number of benzene rings is 1. The van der Waals surface area contributed by atoms with Crippen LogP contribution in [-0.2, 0) is 4.79 Å². The van der Waals surface area contributed by atoms with E-state index in [0.29, 0.717) is 16.7 Å². The lowest BCUT2D eigenvalue weighted by atomic mass is 9.96. The van der Waals surface area contributed by atoms with Gasteiger partial charge in [0.05, 0.1) is 5.69 Å². The predicted octanol–water partition coefficient (Wildman–Crippen LogP) is 3.87. The van der Waals surface area contributed by atoms with Crippen LogP contribution in [0.15, 0.2) is 33.2 Å². The number of hydrogen-bond acceptors (Lipinski definition) is 5. The van der Waals surface area contributed by atoms with Gasteiger partial charge in [-0.25, -0.2) is 4.79 Å². The SMILES string of the molecule is Cc1noc(C)c1C(C)CC(=O)Nc1ccc2oc(C(=O)O)cc2c1. The smallest absolute Gasteiger partial charge is 0.371 e. The van der Waals surface area contributed by atoms with Crippen molar-refractivity contribution in [3.63, 3.8) is 0 Å². The summed E-state index contributed by atoms with van der Waals surface area (Å²) >= 11 is 0. The van der Waals surface area contributed by atoms with E-state index in [1.165, 1.54) is 6.07 Å². The van der Waals surface area contributed by atoms with Crippen LogP contribution in [0, 0.1) is 13.8 Å². The van der Waals surface area contributed by atoms with Crippen LogP contribution in [0.3, 0.4) is 0 Å². The van der Waals surface area contributed by atoms with Crippen molar-refractivity contribution in [1.82, 2.24) is 5.16 Å². The largest absolute Gasteiger partial charge is 0.475 e. The van der Waals surface area contributed by atoms with Gasteiger partial charge in [-0.3, -0.25) is 4.79 Å². The van der Waals surface area contributed by atoms with E-state index in [-0.39, 0.29) is 24.0 Å². The van der Waals surface area contributed by atoms with E-state index >= 15 is 0 Å². The van der Waals surface area contributed by atoms with Crippen LogP contribution in [-0.4, -0.2) is 22.1 Å². The second-order valence-corrected chi connectivity index (χ2v) is 6.06. The molecule has 7 nitrogen and oxygen atoms in total. The molecule has 0 bridgehead atoms. The molecular weight excluding hydrogens is 324 g/mol. The summed E-state index contributed by atoms with van der Waals surface area (Å²) in [6.07, 6.45) is 0.284. The molecule has 130 valence electrons. The molecule has 1 atom stereocenters. The van der Waals surface area contributed by atoms with Crippen molar-refractivity contribution in [2.24, 2.45) is 0 Å². The summed E-state index contributed by atoms with van der Waals surface area (Å²) in [4.78, 5) is 23.3. The summed E-state index contributed by atoms with van der Waals surface area (Å²) in [6.45, 7) is 5.63. The van der Waals surface area contributed by atoms with E-state index in [0.717, 1.165) is 17.0 Å². The number of aromatic nitrogens is 1. The lowest BCUT2D eigenvalue weighted by Crippen LogP contribution is -2.14. The monoisotopic (exact) mass is 342 g/mol. The molecule has 2 N–H and O–H groups in total. The molecule has 0 fully saturated rings. The van der Waals surface area contributed by atoms with Gasteiger partial charge in [-0.1, -0.05) is 12.1 Å². The number of furan rings is 1. The van der Waals surface area contributed by atoms with Crippen LogP contribution in [0.25, 0.3) is 11.0 Å². The lowest BCUT2D eigenvalue weighted by molar-refractivity contribution is -0.116.